The van der Waals surface area contributed by atoms with Gasteiger partial charge in [-0.3, -0.25) is 4.79 Å². The Bertz CT molecular complexity index is 603. The molecule has 0 unspecified atom stereocenters. The maximum absolute atomic E-state index is 13.0. The summed E-state index contributed by atoms with van der Waals surface area (Å²) in [7, 11) is 0. The monoisotopic (exact) mass is 334 g/mol. The maximum atomic E-state index is 13.0. The first-order valence-corrected chi connectivity index (χ1v) is 9.07. The molecule has 132 valence electrons. The quantitative estimate of drug-likeness (QED) is 0.895. The summed E-state index contributed by atoms with van der Waals surface area (Å²) in [5.74, 6) is 0.105. The minimum absolute atomic E-state index is 0.0855. The van der Waals surface area contributed by atoms with Gasteiger partial charge < -0.3 is 14.5 Å². The number of aliphatic carboxylic acids is 1. The van der Waals surface area contributed by atoms with E-state index >= 15 is 0 Å². The number of hydrogen-bond acceptors (Lipinski definition) is 4. The molecule has 6 heteroatoms. The minimum atomic E-state index is -0.880. The molecule has 0 radical (unpaired) electrons. The van der Waals surface area contributed by atoms with Crippen LogP contribution in [0, 0.1) is 5.92 Å². The Hall–Kier alpha value is -1.85. The molecule has 2 aliphatic rings. The number of carbonyl (C=O) groups excluding carboxylic acids is 1. The molecule has 2 fully saturated rings. The Kier molecular flexibility index (Phi) is 4.92. The van der Waals surface area contributed by atoms with E-state index in [1.165, 1.54) is 0 Å². The predicted molar refractivity (Wildman–Crippen MR) is 87.6 cm³/mol. The number of nitrogens with zero attached hydrogens (tertiary/aromatic N) is 2. The van der Waals surface area contributed by atoms with E-state index in [9.17, 15) is 14.7 Å². The van der Waals surface area contributed by atoms with Crippen LogP contribution in [0.5, 0.6) is 0 Å². The van der Waals surface area contributed by atoms with Crippen molar-refractivity contribution in [2.24, 2.45) is 5.92 Å². The Morgan fingerprint density at radius 2 is 2.00 bits per heavy atom. The van der Waals surface area contributed by atoms with E-state index in [1.54, 1.807) is 4.90 Å². The molecule has 1 saturated carbocycles. The lowest BCUT2D eigenvalue weighted by molar-refractivity contribution is -0.149. The highest BCUT2D eigenvalue weighted by atomic mass is 16.5. The summed E-state index contributed by atoms with van der Waals surface area (Å²) in [5, 5.41) is 13.6. The molecule has 3 rings (SSSR count). The van der Waals surface area contributed by atoms with Crippen LogP contribution in [0.15, 0.2) is 4.52 Å². The van der Waals surface area contributed by atoms with Crippen molar-refractivity contribution >= 4 is 11.9 Å². The molecule has 1 saturated heterocycles. The third-order valence-electron chi connectivity index (χ3n) is 5.60. The average molecular weight is 334 g/mol. The molecule has 24 heavy (non-hydrogen) atoms. The highest BCUT2D eigenvalue weighted by molar-refractivity contribution is 5.86. The molecule has 1 aliphatic heterocycles. The van der Waals surface area contributed by atoms with Gasteiger partial charge in [0.25, 0.3) is 0 Å². The normalized spacial score (nSPS) is 26.4. The lowest BCUT2D eigenvalue weighted by Gasteiger charge is -2.33. The van der Waals surface area contributed by atoms with E-state index in [4.69, 9.17) is 4.52 Å². The molecule has 6 nitrogen and oxygen atoms in total. The highest BCUT2D eigenvalue weighted by Crippen LogP contribution is 2.40. The van der Waals surface area contributed by atoms with Crippen LogP contribution in [0.2, 0.25) is 0 Å². The molecule has 0 aromatic carbocycles. The van der Waals surface area contributed by atoms with Crippen LogP contribution in [-0.2, 0) is 28.9 Å². The SMILES string of the molecule is CCc1noc(CC)c1CC(=O)N1[C@H](C(=O)O)C[C@H]2CCCC[C@@H]21. The van der Waals surface area contributed by atoms with Crippen molar-refractivity contribution in [2.45, 2.75) is 77.3 Å². The van der Waals surface area contributed by atoms with E-state index in [0.717, 1.165) is 42.7 Å². The van der Waals surface area contributed by atoms with Gasteiger partial charge in [0, 0.05) is 18.0 Å². The number of carbonyl (C=O) groups is 2. The van der Waals surface area contributed by atoms with E-state index in [0.29, 0.717) is 25.2 Å². The second-order valence-electron chi connectivity index (χ2n) is 6.92. The van der Waals surface area contributed by atoms with Gasteiger partial charge in [0.1, 0.15) is 11.8 Å². The summed E-state index contributed by atoms with van der Waals surface area (Å²) < 4.78 is 5.34. The molecule has 0 bridgehead atoms. The highest BCUT2D eigenvalue weighted by Gasteiger charge is 2.47. The van der Waals surface area contributed by atoms with Gasteiger partial charge in [-0.2, -0.15) is 0 Å². The van der Waals surface area contributed by atoms with E-state index in [-0.39, 0.29) is 18.4 Å². The third-order valence-corrected chi connectivity index (χ3v) is 5.60. The molecular formula is C18H26N2O4. The molecule has 1 amide bonds. The Morgan fingerprint density at radius 3 is 2.67 bits per heavy atom. The number of aryl methyl sites for hydroxylation is 2. The van der Waals surface area contributed by atoms with E-state index in [2.05, 4.69) is 5.16 Å². The summed E-state index contributed by atoms with van der Waals surface area (Å²) in [6, 6.07) is -0.594. The topological polar surface area (TPSA) is 83.6 Å². The smallest absolute Gasteiger partial charge is 0.326 e. The lowest BCUT2D eigenvalue weighted by Crippen LogP contribution is -2.47. The molecule has 1 aliphatic carbocycles. The van der Waals surface area contributed by atoms with Gasteiger partial charge in [0.2, 0.25) is 5.91 Å². The molecule has 3 atom stereocenters. The van der Waals surface area contributed by atoms with Crippen molar-refractivity contribution in [3.63, 3.8) is 0 Å². The molecule has 1 aromatic heterocycles. The van der Waals surface area contributed by atoms with Crippen molar-refractivity contribution in [2.75, 3.05) is 0 Å². The summed E-state index contributed by atoms with van der Waals surface area (Å²) in [4.78, 5) is 26.4. The molecule has 1 aromatic rings. The van der Waals surface area contributed by atoms with Gasteiger partial charge in [0.15, 0.2) is 0 Å². The maximum Gasteiger partial charge on any atom is 0.326 e. The first-order valence-electron chi connectivity index (χ1n) is 9.07. The number of carboxylic acid groups (broad SMARTS) is 1. The molecule has 0 spiro atoms. The lowest BCUT2D eigenvalue weighted by atomic mass is 9.84. The molecular weight excluding hydrogens is 308 g/mol. The van der Waals surface area contributed by atoms with Gasteiger partial charge in [-0.15, -0.1) is 0 Å². The third kappa shape index (κ3) is 2.94. The van der Waals surface area contributed by atoms with Crippen LogP contribution in [0.25, 0.3) is 0 Å². The van der Waals surface area contributed by atoms with Crippen LogP contribution < -0.4 is 0 Å². The summed E-state index contributed by atoms with van der Waals surface area (Å²) >= 11 is 0. The Morgan fingerprint density at radius 1 is 1.25 bits per heavy atom. The van der Waals surface area contributed by atoms with Crippen molar-refractivity contribution in [1.29, 1.82) is 0 Å². The van der Waals surface area contributed by atoms with Crippen molar-refractivity contribution in [3.05, 3.63) is 17.0 Å². The largest absolute Gasteiger partial charge is 0.480 e. The Balaban J connectivity index is 1.84. The second-order valence-corrected chi connectivity index (χ2v) is 6.92. The molecule has 1 N–H and O–H groups in total. The number of carboxylic acids is 1. The number of rotatable bonds is 5. The average Bonchev–Trinajstić information content (AvgIpc) is 3.15. The Labute approximate surface area is 142 Å². The van der Waals surface area contributed by atoms with Crippen LogP contribution in [-0.4, -0.2) is 39.1 Å². The van der Waals surface area contributed by atoms with Gasteiger partial charge in [0.05, 0.1) is 12.1 Å². The zero-order valence-electron chi connectivity index (χ0n) is 14.5. The summed E-state index contributed by atoms with van der Waals surface area (Å²) in [6.07, 6.45) is 6.35. The fourth-order valence-electron chi connectivity index (χ4n) is 4.42. The first-order chi connectivity index (χ1) is 11.6. The van der Waals surface area contributed by atoms with Gasteiger partial charge >= 0.3 is 5.97 Å². The van der Waals surface area contributed by atoms with Gasteiger partial charge in [-0.05, 0) is 31.6 Å². The van der Waals surface area contributed by atoms with Crippen LogP contribution in [0.4, 0.5) is 0 Å². The van der Waals surface area contributed by atoms with Gasteiger partial charge in [-0.25, -0.2) is 4.79 Å². The van der Waals surface area contributed by atoms with E-state index in [1.807, 2.05) is 13.8 Å². The van der Waals surface area contributed by atoms with Crippen molar-refractivity contribution in [1.82, 2.24) is 10.1 Å². The number of fused-ring (bicyclic) bond motifs is 1. The van der Waals surface area contributed by atoms with Crippen LogP contribution in [0.1, 0.15) is 63.0 Å². The second kappa shape index (κ2) is 6.95. The zero-order chi connectivity index (χ0) is 17.3. The number of hydrogen-bond donors (Lipinski definition) is 1. The van der Waals surface area contributed by atoms with Crippen LogP contribution >= 0.6 is 0 Å². The molecule has 2 heterocycles. The number of likely N-dealkylation sites (tertiary alicyclic amines) is 1. The standard InChI is InChI=1S/C18H26N2O4/c1-3-13-12(16(4-2)24-19-13)10-17(21)20-14-8-6-5-7-11(14)9-15(20)18(22)23/h11,14-15H,3-10H2,1-2H3,(H,22,23)/t11-,14+,15+/m1/s1. The van der Waals surface area contributed by atoms with Crippen molar-refractivity contribution in [3.8, 4) is 0 Å². The summed E-state index contributed by atoms with van der Waals surface area (Å²) in [5.41, 5.74) is 1.67. The fraction of sp³-hybridized carbons (Fsp3) is 0.722. The minimum Gasteiger partial charge on any atom is -0.480 e. The van der Waals surface area contributed by atoms with Crippen LogP contribution in [0.3, 0.4) is 0 Å². The number of amides is 1. The first kappa shape index (κ1) is 17.0. The fourth-order valence-corrected chi connectivity index (χ4v) is 4.42. The van der Waals surface area contributed by atoms with Crippen molar-refractivity contribution < 1.29 is 19.2 Å². The zero-order valence-corrected chi connectivity index (χ0v) is 14.5. The number of aromatic nitrogens is 1. The van der Waals surface area contributed by atoms with Gasteiger partial charge in [-0.1, -0.05) is 31.8 Å². The summed E-state index contributed by atoms with van der Waals surface area (Å²) in [6.45, 7) is 3.96. The van der Waals surface area contributed by atoms with E-state index < -0.39 is 12.0 Å². The predicted octanol–water partition coefficient (Wildman–Crippen LogP) is 2.59.